The minimum atomic E-state index is -0.143. The van der Waals surface area contributed by atoms with Gasteiger partial charge in [0, 0.05) is 23.4 Å². The molecule has 3 aromatic heterocycles. The molecule has 29 heavy (non-hydrogen) atoms. The maximum Gasteiger partial charge on any atom is 0.258 e. The fourth-order valence-corrected chi connectivity index (χ4v) is 2.99. The third kappa shape index (κ3) is 3.87. The van der Waals surface area contributed by atoms with Crippen molar-refractivity contribution in [3.05, 3.63) is 59.3 Å². The van der Waals surface area contributed by atoms with E-state index in [1.165, 1.54) is 0 Å². The highest BCUT2D eigenvalue weighted by molar-refractivity contribution is 5.92. The minimum Gasteiger partial charge on any atom is -0.334 e. The summed E-state index contributed by atoms with van der Waals surface area (Å²) in [5.41, 5.74) is 4.29. The number of carbonyl (C=O) groups is 1. The Hall–Kier alpha value is -3.55. The second-order valence-electron chi connectivity index (χ2n) is 7.42. The maximum atomic E-state index is 12.5. The summed E-state index contributed by atoms with van der Waals surface area (Å²) in [6.45, 7) is 7.97. The number of carbonyl (C=O) groups excluding carboxylic acids is 1. The lowest BCUT2D eigenvalue weighted by molar-refractivity contribution is -0.115. The van der Waals surface area contributed by atoms with E-state index in [9.17, 15) is 4.79 Å². The molecule has 0 spiro atoms. The van der Waals surface area contributed by atoms with Crippen molar-refractivity contribution in [1.29, 1.82) is 0 Å². The van der Waals surface area contributed by atoms with E-state index in [0.29, 0.717) is 23.2 Å². The molecule has 0 bridgehead atoms. The van der Waals surface area contributed by atoms with Crippen molar-refractivity contribution in [2.75, 3.05) is 5.32 Å². The second-order valence-corrected chi connectivity index (χ2v) is 7.42. The fourth-order valence-electron chi connectivity index (χ4n) is 2.99. The van der Waals surface area contributed by atoms with Gasteiger partial charge in [0.25, 0.3) is 5.89 Å². The first kappa shape index (κ1) is 18.8. The maximum absolute atomic E-state index is 12.5. The fraction of sp³-hybridized carbons (Fsp3) is 0.286. The molecular formula is C21H22N6O2. The summed E-state index contributed by atoms with van der Waals surface area (Å²) in [4.78, 5) is 16.9. The number of rotatable bonds is 5. The van der Waals surface area contributed by atoms with Gasteiger partial charge in [-0.25, -0.2) is 0 Å². The summed E-state index contributed by atoms with van der Waals surface area (Å²) in [5, 5.41) is 15.3. The van der Waals surface area contributed by atoms with Crippen LogP contribution in [-0.4, -0.2) is 30.6 Å². The number of anilines is 1. The number of aryl methyl sites for hydroxylation is 2. The predicted molar refractivity (Wildman–Crippen MR) is 109 cm³/mol. The second kappa shape index (κ2) is 7.46. The molecule has 1 N–H and O–H groups in total. The van der Waals surface area contributed by atoms with Crippen LogP contribution in [0.5, 0.6) is 0 Å². The summed E-state index contributed by atoms with van der Waals surface area (Å²) in [7, 11) is 0. The third-order valence-corrected chi connectivity index (χ3v) is 4.67. The van der Waals surface area contributed by atoms with Gasteiger partial charge in [0.15, 0.2) is 11.5 Å². The molecular weight excluding hydrogens is 368 g/mol. The Morgan fingerprint density at radius 3 is 2.76 bits per heavy atom. The minimum absolute atomic E-state index is 0.117. The number of hydrogen-bond acceptors (Lipinski definition) is 6. The van der Waals surface area contributed by atoms with Gasteiger partial charge in [0.1, 0.15) is 5.82 Å². The number of amides is 1. The standard InChI is InChI=1S/C21H22N6O2/c1-12(2)20-23-21(29-26-20)15-7-8-27-17(10-15)24-25-18(27)11-19(28)22-16-9-13(3)5-6-14(16)4/h5-10,12H,11H2,1-4H3,(H,22,28). The van der Waals surface area contributed by atoms with Crippen molar-refractivity contribution in [1.82, 2.24) is 24.7 Å². The van der Waals surface area contributed by atoms with Crippen LogP contribution in [0.15, 0.2) is 41.1 Å². The lowest BCUT2D eigenvalue weighted by atomic mass is 10.1. The lowest BCUT2D eigenvalue weighted by Crippen LogP contribution is -2.17. The van der Waals surface area contributed by atoms with Crippen molar-refractivity contribution in [2.24, 2.45) is 0 Å². The van der Waals surface area contributed by atoms with Gasteiger partial charge in [-0.1, -0.05) is 31.1 Å². The van der Waals surface area contributed by atoms with Gasteiger partial charge >= 0.3 is 0 Å². The van der Waals surface area contributed by atoms with Gasteiger partial charge in [0.2, 0.25) is 5.91 Å². The third-order valence-electron chi connectivity index (χ3n) is 4.67. The molecule has 0 radical (unpaired) electrons. The van der Waals surface area contributed by atoms with E-state index >= 15 is 0 Å². The molecule has 0 unspecified atom stereocenters. The molecule has 0 aliphatic carbocycles. The topological polar surface area (TPSA) is 98.2 Å². The smallest absolute Gasteiger partial charge is 0.258 e. The van der Waals surface area contributed by atoms with Crippen LogP contribution in [0, 0.1) is 13.8 Å². The Balaban J connectivity index is 1.54. The van der Waals surface area contributed by atoms with Crippen LogP contribution in [0.4, 0.5) is 5.69 Å². The highest BCUT2D eigenvalue weighted by Gasteiger charge is 2.15. The molecule has 8 heteroatoms. The number of hydrogen-bond donors (Lipinski definition) is 1. The van der Waals surface area contributed by atoms with Gasteiger partial charge < -0.3 is 9.84 Å². The first-order chi connectivity index (χ1) is 13.9. The number of fused-ring (bicyclic) bond motifs is 1. The molecule has 0 saturated carbocycles. The van der Waals surface area contributed by atoms with Gasteiger partial charge in [0.05, 0.1) is 6.42 Å². The van der Waals surface area contributed by atoms with Crippen molar-refractivity contribution in [2.45, 2.75) is 40.0 Å². The van der Waals surface area contributed by atoms with E-state index < -0.39 is 0 Å². The van der Waals surface area contributed by atoms with Crippen molar-refractivity contribution in [3.8, 4) is 11.5 Å². The zero-order valence-corrected chi connectivity index (χ0v) is 16.8. The summed E-state index contributed by atoms with van der Waals surface area (Å²) in [6, 6.07) is 9.62. The summed E-state index contributed by atoms with van der Waals surface area (Å²) in [6.07, 6.45) is 1.93. The Morgan fingerprint density at radius 2 is 2.00 bits per heavy atom. The van der Waals surface area contributed by atoms with E-state index in [1.807, 2.05) is 64.2 Å². The van der Waals surface area contributed by atoms with Gasteiger partial charge in [-0.05, 0) is 43.2 Å². The molecule has 0 fully saturated rings. The SMILES string of the molecule is Cc1ccc(C)c(NC(=O)Cc2nnc3cc(-c4nc(C(C)C)no4)ccn23)c1. The normalized spacial score (nSPS) is 11.3. The molecule has 4 aromatic rings. The molecule has 3 heterocycles. The van der Waals surface area contributed by atoms with Gasteiger partial charge in [-0.15, -0.1) is 10.2 Å². The van der Waals surface area contributed by atoms with Crippen LogP contribution in [-0.2, 0) is 11.2 Å². The van der Waals surface area contributed by atoms with Crippen LogP contribution >= 0.6 is 0 Å². The molecule has 0 aliphatic rings. The van der Waals surface area contributed by atoms with Crippen LogP contribution in [0.25, 0.3) is 17.1 Å². The van der Waals surface area contributed by atoms with E-state index in [1.54, 1.807) is 4.40 Å². The van der Waals surface area contributed by atoms with Gasteiger partial charge in [-0.3, -0.25) is 9.20 Å². The van der Waals surface area contributed by atoms with Crippen LogP contribution in [0.1, 0.15) is 42.5 Å². The van der Waals surface area contributed by atoms with E-state index in [0.717, 1.165) is 22.4 Å². The molecule has 0 saturated heterocycles. The van der Waals surface area contributed by atoms with Crippen LogP contribution < -0.4 is 5.32 Å². The molecule has 1 aromatic carbocycles. The lowest BCUT2D eigenvalue weighted by Gasteiger charge is -2.09. The molecule has 0 aliphatic heterocycles. The Bertz CT molecular complexity index is 1190. The average molecular weight is 390 g/mol. The average Bonchev–Trinajstić information content (AvgIpc) is 3.32. The predicted octanol–water partition coefficient (Wildman–Crippen LogP) is 3.70. The van der Waals surface area contributed by atoms with E-state index in [-0.39, 0.29) is 18.2 Å². The molecule has 1 amide bonds. The summed E-state index contributed by atoms with van der Waals surface area (Å²) in [5.74, 6) is 1.70. The largest absolute Gasteiger partial charge is 0.334 e. The summed E-state index contributed by atoms with van der Waals surface area (Å²) < 4.78 is 7.12. The van der Waals surface area contributed by atoms with Crippen molar-refractivity contribution < 1.29 is 9.32 Å². The highest BCUT2D eigenvalue weighted by atomic mass is 16.5. The molecule has 148 valence electrons. The van der Waals surface area contributed by atoms with E-state index in [2.05, 4.69) is 25.7 Å². The molecule has 4 rings (SSSR count). The molecule has 8 nitrogen and oxygen atoms in total. The van der Waals surface area contributed by atoms with E-state index in [4.69, 9.17) is 4.52 Å². The quantitative estimate of drug-likeness (QED) is 0.558. The first-order valence-electron chi connectivity index (χ1n) is 9.45. The zero-order chi connectivity index (χ0) is 20.5. The number of nitrogens with one attached hydrogen (secondary N) is 1. The number of nitrogens with zero attached hydrogens (tertiary/aromatic N) is 5. The van der Waals surface area contributed by atoms with Crippen LogP contribution in [0.3, 0.4) is 0 Å². The van der Waals surface area contributed by atoms with Crippen molar-refractivity contribution in [3.63, 3.8) is 0 Å². The highest BCUT2D eigenvalue weighted by Crippen LogP contribution is 2.22. The Kier molecular flexibility index (Phi) is 4.84. The monoisotopic (exact) mass is 390 g/mol. The summed E-state index contributed by atoms with van der Waals surface area (Å²) >= 11 is 0. The number of benzene rings is 1. The van der Waals surface area contributed by atoms with Crippen LogP contribution in [0.2, 0.25) is 0 Å². The Labute approximate surface area is 168 Å². The number of pyridine rings is 1. The first-order valence-corrected chi connectivity index (χ1v) is 9.45. The van der Waals surface area contributed by atoms with Gasteiger partial charge in [-0.2, -0.15) is 4.98 Å². The molecule has 0 atom stereocenters. The zero-order valence-electron chi connectivity index (χ0n) is 16.8. The number of aromatic nitrogens is 5. The Morgan fingerprint density at radius 1 is 1.17 bits per heavy atom. The van der Waals surface area contributed by atoms with Crippen molar-refractivity contribution >= 4 is 17.2 Å².